The first kappa shape index (κ1) is 19.1. The van der Waals surface area contributed by atoms with Crippen LogP contribution in [0.15, 0.2) is 35.2 Å². The summed E-state index contributed by atoms with van der Waals surface area (Å²) in [5.74, 6) is 2.40. The summed E-state index contributed by atoms with van der Waals surface area (Å²) in [7, 11) is 0.758. The summed E-state index contributed by atoms with van der Waals surface area (Å²) < 4.78 is 54.6. The van der Waals surface area contributed by atoms with Crippen LogP contribution in [0.25, 0.3) is 0 Å². The molecule has 0 aliphatic carbocycles. The van der Waals surface area contributed by atoms with Crippen molar-refractivity contribution in [2.75, 3.05) is 34.5 Å². The summed E-state index contributed by atoms with van der Waals surface area (Å²) in [5, 5.41) is 0. The van der Waals surface area contributed by atoms with E-state index in [4.69, 9.17) is 23.7 Å². The fourth-order valence-corrected chi connectivity index (χ4v) is 3.70. The lowest BCUT2D eigenvalue weighted by molar-refractivity contribution is 0.171. The molecule has 1 heterocycles. The van der Waals surface area contributed by atoms with E-state index in [1.807, 2.05) is 0 Å². The lowest BCUT2D eigenvalue weighted by Gasteiger charge is -2.19. The smallest absolute Gasteiger partial charge is 0.241 e. The number of hydrogen-bond donors (Lipinski definition) is 1. The van der Waals surface area contributed by atoms with Crippen LogP contribution in [0.1, 0.15) is 5.56 Å². The van der Waals surface area contributed by atoms with Gasteiger partial charge in [-0.2, -0.15) is 0 Å². The zero-order chi connectivity index (χ0) is 19.4. The van der Waals surface area contributed by atoms with Gasteiger partial charge in [-0.15, -0.1) is 0 Å². The highest BCUT2D eigenvalue weighted by Gasteiger charge is 2.20. The van der Waals surface area contributed by atoms with Gasteiger partial charge in [-0.05, 0) is 18.2 Å². The molecule has 0 atom stereocenters. The van der Waals surface area contributed by atoms with Gasteiger partial charge in [0.2, 0.25) is 10.0 Å². The van der Waals surface area contributed by atoms with E-state index >= 15 is 0 Å². The molecule has 9 heteroatoms. The minimum atomic E-state index is -3.77. The van der Waals surface area contributed by atoms with Crippen LogP contribution in [-0.2, 0) is 16.6 Å². The first-order valence-electron chi connectivity index (χ1n) is 8.16. The van der Waals surface area contributed by atoms with Gasteiger partial charge in [0, 0.05) is 24.2 Å². The molecule has 0 bridgehead atoms. The molecular formula is C18H21NO7S. The summed E-state index contributed by atoms with van der Waals surface area (Å²) in [5.41, 5.74) is 0.608. The molecule has 0 spiro atoms. The fourth-order valence-electron chi connectivity index (χ4n) is 2.68. The van der Waals surface area contributed by atoms with Gasteiger partial charge in [-0.25, -0.2) is 13.1 Å². The van der Waals surface area contributed by atoms with E-state index in [1.54, 1.807) is 18.2 Å². The monoisotopic (exact) mass is 395 g/mol. The van der Waals surface area contributed by atoms with Crippen molar-refractivity contribution in [2.45, 2.75) is 11.4 Å². The summed E-state index contributed by atoms with van der Waals surface area (Å²) in [6.07, 6.45) is 0. The molecule has 3 rings (SSSR count). The minimum absolute atomic E-state index is 0.0142. The first-order chi connectivity index (χ1) is 13.0. The van der Waals surface area contributed by atoms with Crippen molar-refractivity contribution >= 4 is 10.0 Å². The van der Waals surface area contributed by atoms with Gasteiger partial charge in [0.15, 0.2) is 23.0 Å². The van der Waals surface area contributed by atoms with Crippen LogP contribution in [0.3, 0.4) is 0 Å². The second-order valence-electron chi connectivity index (χ2n) is 5.65. The summed E-state index contributed by atoms with van der Waals surface area (Å²) >= 11 is 0. The molecule has 1 aliphatic rings. The van der Waals surface area contributed by atoms with Gasteiger partial charge in [0.05, 0.1) is 26.2 Å². The highest BCUT2D eigenvalue weighted by Crippen LogP contribution is 2.35. The summed E-state index contributed by atoms with van der Waals surface area (Å²) in [6, 6.07) is 7.82. The van der Waals surface area contributed by atoms with Crippen LogP contribution < -0.4 is 28.4 Å². The number of nitrogens with one attached hydrogen (secondary N) is 1. The quantitative estimate of drug-likeness (QED) is 0.766. The van der Waals surface area contributed by atoms with E-state index in [1.165, 1.54) is 33.5 Å². The molecule has 27 heavy (non-hydrogen) atoms. The van der Waals surface area contributed by atoms with Crippen molar-refractivity contribution in [1.29, 1.82) is 0 Å². The molecular weight excluding hydrogens is 374 g/mol. The largest absolute Gasteiger partial charge is 0.496 e. The van der Waals surface area contributed by atoms with Crippen LogP contribution in [0, 0.1) is 0 Å². The molecule has 2 aromatic rings. The number of methoxy groups -OCH3 is 3. The molecule has 146 valence electrons. The normalized spacial score (nSPS) is 13.1. The van der Waals surface area contributed by atoms with Gasteiger partial charge in [0.1, 0.15) is 19.0 Å². The summed E-state index contributed by atoms with van der Waals surface area (Å²) in [6.45, 7) is 0.837. The molecule has 1 aliphatic heterocycles. The molecule has 0 saturated carbocycles. The zero-order valence-corrected chi connectivity index (χ0v) is 16.1. The van der Waals surface area contributed by atoms with Crippen LogP contribution in [0.2, 0.25) is 0 Å². The maximum atomic E-state index is 12.7. The van der Waals surface area contributed by atoms with Crippen LogP contribution >= 0.6 is 0 Å². The maximum Gasteiger partial charge on any atom is 0.241 e. The lowest BCUT2D eigenvalue weighted by atomic mass is 10.1. The van der Waals surface area contributed by atoms with E-state index in [2.05, 4.69) is 4.72 Å². The van der Waals surface area contributed by atoms with E-state index in [0.29, 0.717) is 47.5 Å². The lowest BCUT2D eigenvalue weighted by Crippen LogP contribution is -2.24. The number of fused-ring (bicyclic) bond motifs is 1. The van der Waals surface area contributed by atoms with Gasteiger partial charge in [-0.3, -0.25) is 0 Å². The van der Waals surface area contributed by atoms with Crippen molar-refractivity contribution < 1.29 is 32.1 Å². The molecule has 0 radical (unpaired) electrons. The molecule has 2 aromatic carbocycles. The number of rotatable bonds is 7. The Balaban J connectivity index is 1.83. The van der Waals surface area contributed by atoms with E-state index < -0.39 is 10.0 Å². The molecule has 0 amide bonds. The molecule has 1 N–H and O–H groups in total. The Hall–Kier alpha value is -2.65. The highest BCUT2D eigenvalue weighted by atomic mass is 32.2. The number of sulfonamides is 1. The number of ether oxygens (including phenoxy) is 5. The van der Waals surface area contributed by atoms with E-state index in [-0.39, 0.29) is 11.4 Å². The second-order valence-corrected chi connectivity index (χ2v) is 7.42. The molecule has 0 saturated heterocycles. The summed E-state index contributed by atoms with van der Waals surface area (Å²) in [4.78, 5) is 0.0891. The Kier molecular flexibility index (Phi) is 5.62. The van der Waals surface area contributed by atoms with Crippen molar-refractivity contribution in [1.82, 2.24) is 4.72 Å². The molecule has 8 nitrogen and oxygen atoms in total. The van der Waals surface area contributed by atoms with Gasteiger partial charge in [0.25, 0.3) is 0 Å². The van der Waals surface area contributed by atoms with Gasteiger partial charge >= 0.3 is 0 Å². The Morgan fingerprint density at radius 3 is 2.19 bits per heavy atom. The first-order valence-corrected chi connectivity index (χ1v) is 9.65. The average Bonchev–Trinajstić information content (AvgIpc) is 2.71. The number of benzene rings is 2. The highest BCUT2D eigenvalue weighted by molar-refractivity contribution is 7.89. The Labute approximate surface area is 158 Å². The predicted octanol–water partition coefficient (Wildman–Crippen LogP) is 1.96. The zero-order valence-electron chi connectivity index (χ0n) is 15.3. The Morgan fingerprint density at radius 1 is 0.889 bits per heavy atom. The molecule has 0 aromatic heterocycles. The molecule has 0 unspecified atom stereocenters. The average molecular weight is 395 g/mol. The standard InChI is InChI=1S/C18H21NO7S/c1-22-15-10-17(24-3)16(23-2)8-12(15)11-19-27(20,21)13-4-5-14-18(9-13)26-7-6-25-14/h4-5,8-10,19H,6-7,11H2,1-3H3. The number of hydrogen-bond acceptors (Lipinski definition) is 7. The second kappa shape index (κ2) is 7.93. The third-order valence-corrected chi connectivity index (χ3v) is 5.46. The van der Waals surface area contributed by atoms with Gasteiger partial charge < -0.3 is 23.7 Å². The topological polar surface area (TPSA) is 92.3 Å². The van der Waals surface area contributed by atoms with Crippen LogP contribution in [0.4, 0.5) is 0 Å². The van der Waals surface area contributed by atoms with Crippen molar-refractivity contribution in [3.8, 4) is 28.7 Å². The van der Waals surface area contributed by atoms with Crippen LogP contribution in [-0.4, -0.2) is 43.0 Å². The SMILES string of the molecule is COc1cc(OC)c(OC)cc1CNS(=O)(=O)c1ccc2c(c1)OCCO2. The van der Waals surface area contributed by atoms with Gasteiger partial charge in [-0.1, -0.05) is 0 Å². The van der Waals surface area contributed by atoms with Crippen LogP contribution in [0.5, 0.6) is 28.7 Å². The van der Waals surface area contributed by atoms with Crippen molar-refractivity contribution in [3.63, 3.8) is 0 Å². The van der Waals surface area contributed by atoms with E-state index in [9.17, 15) is 8.42 Å². The Bertz CT molecular complexity index is 928. The fraction of sp³-hybridized carbons (Fsp3) is 0.333. The predicted molar refractivity (Wildman–Crippen MR) is 97.6 cm³/mol. The third kappa shape index (κ3) is 4.04. The minimum Gasteiger partial charge on any atom is -0.496 e. The Morgan fingerprint density at radius 2 is 1.52 bits per heavy atom. The van der Waals surface area contributed by atoms with Crippen molar-refractivity contribution in [3.05, 3.63) is 35.9 Å². The van der Waals surface area contributed by atoms with E-state index in [0.717, 1.165) is 0 Å². The molecule has 0 fully saturated rings. The van der Waals surface area contributed by atoms with Crippen molar-refractivity contribution in [2.24, 2.45) is 0 Å². The maximum absolute atomic E-state index is 12.7. The third-order valence-electron chi connectivity index (χ3n) is 4.06.